The average molecular weight is 156 g/mol. The number of rotatable bonds is 1. The monoisotopic (exact) mass is 156 g/mol. The Morgan fingerprint density at radius 1 is 1.73 bits per heavy atom. The Morgan fingerprint density at radius 2 is 2.36 bits per heavy atom. The molecule has 2 atom stereocenters. The third-order valence-corrected chi connectivity index (χ3v) is 2.54. The molecule has 2 heteroatoms. The number of aliphatic hydroxyl groups is 2. The lowest BCUT2D eigenvalue weighted by atomic mass is 9.74. The molecule has 2 N–H and O–H groups in total. The summed E-state index contributed by atoms with van der Waals surface area (Å²) in [7, 11) is 0. The van der Waals surface area contributed by atoms with Crippen LogP contribution in [0.2, 0.25) is 0 Å². The minimum Gasteiger partial charge on any atom is -0.396 e. The van der Waals surface area contributed by atoms with Crippen LogP contribution in [0.5, 0.6) is 0 Å². The van der Waals surface area contributed by atoms with Gasteiger partial charge in [0.1, 0.15) is 0 Å². The third-order valence-electron chi connectivity index (χ3n) is 2.54. The predicted octanol–water partition coefficient (Wildman–Crippen LogP) is 1.09. The maximum atomic E-state index is 9.54. The molecule has 0 aromatic heterocycles. The van der Waals surface area contributed by atoms with Gasteiger partial charge in [0.25, 0.3) is 0 Å². The van der Waals surface area contributed by atoms with E-state index in [-0.39, 0.29) is 18.1 Å². The highest BCUT2D eigenvalue weighted by molar-refractivity contribution is 5.10. The van der Waals surface area contributed by atoms with Gasteiger partial charge in [0, 0.05) is 5.41 Å². The highest BCUT2D eigenvalue weighted by Crippen LogP contribution is 2.35. The van der Waals surface area contributed by atoms with Gasteiger partial charge in [-0.25, -0.2) is 0 Å². The van der Waals surface area contributed by atoms with Gasteiger partial charge in [0.15, 0.2) is 0 Å². The summed E-state index contributed by atoms with van der Waals surface area (Å²) in [6, 6.07) is 0. The Hall–Kier alpha value is -0.340. The Labute approximate surface area is 67.6 Å². The lowest BCUT2D eigenvalue weighted by Crippen LogP contribution is -2.37. The Kier molecular flexibility index (Phi) is 2.35. The average Bonchev–Trinajstić information content (AvgIpc) is 1.98. The normalized spacial score (nSPS) is 38.5. The van der Waals surface area contributed by atoms with E-state index in [2.05, 4.69) is 0 Å². The van der Waals surface area contributed by atoms with Crippen LogP contribution in [0, 0.1) is 5.41 Å². The number of hydrogen-bond donors (Lipinski definition) is 2. The number of aliphatic hydroxyl groups excluding tert-OH is 2. The molecule has 0 aliphatic heterocycles. The van der Waals surface area contributed by atoms with Gasteiger partial charge in [-0.05, 0) is 19.8 Å². The zero-order valence-electron chi connectivity index (χ0n) is 7.17. The maximum Gasteiger partial charge on any atom is 0.0653 e. The Morgan fingerprint density at radius 3 is 2.82 bits per heavy atom. The van der Waals surface area contributed by atoms with Crippen molar-refractivity contribution in [2.45, 2.75) is 32.8 Å². The molecule has 0 amide bonds. The predicted molar refractivity (Wildman–Crippen MR) is 44.2 cm³/mol. The SMILES string of the molecule is CC1=CC[C@H](O)[C@](C)(CO)C1. The third kappa shape index (κ3) is 1.63. The maximum absolute atomic E-state index is 9.54. The Balaban J connectivity index is 2.74. The van der Waals surface area contributed by atoms with Crippen molar-refractivity contribution in [1.29, 1.82) is 0 Å². The summed E-state index contributed by atoms with van der Waals surface area (Å²) in [5.74, 6) is 0. The molecular formula is C9H16O2. The van der Waals surface area contributed by atoms with Gasteiger partial charge in [-0.15, -0.1) is 0 Å². The summed E-state index contributed by atoms with van der Waals surface area (Å²) in [4.78, 5) is 0. The first kappa shape index (κ1) is 8.75. The van der Waals surface area contributed by atoms with Crippen molar-refractivity contribution in [3.8, 4) is 0 Å². The molecule has 1 aliphatic rings. The number of hydrogen-bond acceptors (Lipinski definition) is 2. The molecule has 2 nitrogen and oxygen atoms in total. The fourth-order valence-corrected chi connectivity index (χ4v) is 1.59. The molecule has 0 saturated carbocycles. The van der Waals surface area contributed by atoms with Gasteiger partial charge in [0.05, 0.1) is 12.7 Å². The molecule has 1 rings (SSSR count). The van der Waals surface area contributed by atoms with Crippen LogP contribution in [0.3, 0.4) is 0 Å². The van der Waals surface area contributed by atoms with E-state index < -0.39 is 0 Å². The first-order chi connectivity index (χ1) is 5.08. The van der Waals surface area contributed by atoms with Crippen LogP contribution in [-0.4, -0.2) is 22.9 Å². The minimum absolute atomic E-state index is 0.0688. The van der Waals surface area contributed by atoms with Crippen LogP contribution in [0.1, 0.15) is 26.7 Å². The zero-order valence-corrected chi connectivity index (χ0v) is 7.17. The molecule has 0 spiro atoms. The Bertz CT molecular complexity index is 174. The van der Waals surface area contributed by atoms with Crippen LogP contribution >= 0.6 is 0 Å². The van der Waals surface area contributed by atoms with Gasteiger partial charge in [-0.1, -0.05) is 18.6 Å². The van der Waals surface area contributed by atoms with E-state index in [0.29, 0.717) is 6.42 Å². The van der Waals surface area contributed by atoms with Gasteiger partial charge in [0.2, 0.25) is 0 Å². The highest BCUT2D eigenvalue weighted by atomic mass is 16.3. The van der Waals surface area contributed by atoms with Crippen LogP contribution in [0.25, 0.3) is 0 Å². The van der Waals surface area contributed by atoms with Crippen molar-refractivity contribution < 1.29 is 10.2 Å². The standard InChI is InChI=1S/C9H16O2/c1-7-3-4-8(11)9(2,5-7)6-10/h3,8,10-11H,4-6H2,1-2H3/t8-,9-/m0/s1. The van der Waals surface area contributed by atoms with E-state index >= 15 is 0 Å². The van der Waals surface area contributed by atoms with Gasteiger partial charge >= 0.3 is 0 Å². The van der Waals surface area contributed by atoms with E-state index in [0.717, 1.165) is 6.42 Å². The van der Waals surface area contributed by atoms with Crippen molar-refractivity contribution in [2.75, 3.05) is 6.61 Å². The summed E-state index contributed by atoms with van der Waals surface area (Å²) >= 11 is 0. The lowest BCUT2D eigenvalue weighted by molar-refractivity contribution is -0.00837. The molecule has 11 heavy (non-hydrogen) atoms. The summed E-state index contributed by atoms with van der Waals surface area (Å²) in [5.41, 5.74) is 0.964. The van der Waals surface area contributed by atoms with Crippen molar-refractivity contribution in [1.82, 2.24) is 0 Å². The molecule has 1 aliphatic carbocycles. The summed E-state index contributed by atoms with van der Waals surface area (Å²) in [5, 5.41) is 18.6. The molecule has 64 valence electrons. The smallest absolute Gasteiger partial charge is 0.0653 e. The fraction of sp³-hybridized carbons (Fsp3) is 0.778. The van der Waals surface area contributed by atoms with Crippen LogP contribution in [0.4, 0.5) is 0 Å². The van der Waals surface area contributed by atoms with Crippen molar-refractivity contribution >= 4 is 0 Å². The van der Waals surface area contributed by atoms with E-state index in [1.165, 1.54) is 5.57 Å². The van der Waals surface area contributed by atoms with E-state index in [1.807, 2.05) is 19.9 Å². The summed E-state index contributed by atoms with van der Waals surface area (Å²) in [6.45, 7) is 4.04. The van der Waals surface area contributed by atoms with E-state index in [4.69, 9.17) is 5.11 Å². The van der Waals surface area contributed by atoms with Gasteiger partial charge in [-0.2, -0.15) is 0 Å². The quantitative estimate of drug-likeness (QED) is 0.558. The van der Waals surface area contributed by atoms with Crippen LogP contribution in [0.15, 0.2) is 11.6 Å². The molecule has 0 heterocycles. The second-order valence-electron chi connectivity index (χ2n) is 3.79. The van der Waals surface area contributed by atoms with Crippen molar-refractivity contribution in [2.24, 2.45) is 5.41 Å². The second-order valence-corrected chi connectivity index (χ2v) is 3.79. The van der Waals surface area contributed by atoms with Crippen LogP contribution < -0.4 is 0 Å². The first-order valence-electron chi connectivity index (χ1n) is 4.03. The summed E-state index contributed by atoms with van der Waals surface area (Å²) in [6.07, 6.45) is 3.16. The first-order valence-corrected chi connectivity index (χ1v) is 4.03. The van der Waals surface area contributed by atoms with E-state index in [1.54, 1.807) is 0 Å². The largest absolute Gasteiger partial charge is 0.396 e. The molecule has 0 unspecified atom stereocenters. The van der Waals surface area contributed by atoms with Gasteiger partial charge < -0.3 is 10.2 Å². The zero-order chi connectivity index (χ0) is 8.48. The molecule has 0 fully saturated rings. The van der Waals surface area contributed by atoms with Crippen LogP contribution in [-0.2, 0) is 0 Å². The highest BCUT2D eigenvalue weighted by Gasteiger charge is 2.34. The minimum atomic E-state index is -0.379. The van der Waals surface area contributed by atoms with Gasteiger partial charge in [-0.3, -0.25) is 0 Å². The molecule has 0 saturated heterocycles. The van der Waals surface area contributed by atoms with E-state index in [9.17, 15) is 5.11 Å². The summed E-state index contributed by atoms with van der Waals surface area (Å²) < 4.78 is 0. The number of allylic oxidation sites excluding steroid dienone is 1. The van der Waals surface area contributed by atoms with Crippen molar-refractivity contribution in [3.63, 3.8) is 0 Å². The lowest BCUT2D eigenvalue weighted by Gasteiger charge is -2.35. The molecule has 0 aromatic rings. The topological polar surface area (TPSA) is 40.5 Å². The molecule has 0 bridgehead atoms. The second kappa shape index (κ2) is 2.95. The molecular weight excluding hydrogens is 140 g/mol. The van der Waals surface area contributed by atoms with Crippen molar-refractivity contribution in [3.05, 3.63) is 11.6 Å². The fourth-order valence-electron chi connectivity index (χ4n) is 1.59. The molecule has 0 aromatic carbocycles. The molecule has 0 radical (unpaired) electrons.